The minimum absolute atomic E-state index is 0.0565. The molecular weight excluding hydrogens is 660 g/mol. The Morgan fingerprint density at radius 3 is 1.54 bits per heavy atom. The molecule has 8 bridgehead atoms. The Bertz CT molecular complexity index is 2060. The van der Waals surface area contributed by atoms with Crippen LogP contribution in [0, 0.1) is 13.8 Å². The molecule has 12 nitrogen and oxygen atoms in total. The summed E-state index contributed by atoms with van der Waals surface area (Å²) in [6.07, 6.45) is 1.64. The highest BCUT2D eigenvalue weighted by Gasteiger charge is 2.25. The van der Waals surface area contributed by atoms with Crippen LogP contribution < -0.4 is 0 Å². The summed E-state index contributed by atoms with van der Waals surface area (Å²) >= 11 is 0. The molecule has 5 heterocycles. The van der Waals surface area contributed by atoms with Crippen molar-refractivity contribution >= 4 is 56.2 Å². The Balaban J connectivity index is 1.82. The third kappa shape index (κ3) is 7.75. The van der Waals surface area contributed by atoms with Gasteiger partial charge in [0.2, 0.25) is 11.8 Å². The molecule has 2 amide bonds. The molecule has 6 N–H and O–H groups in total. The zero-order valence-electron chi connectivity index (χ0n) is 31.2. The van der Waals surface area contributed by atoms with Crippen molar-refractivity contribution < 1.29 is 30.0 Å². The fourth-order valence-corrected chi connectivity index (χ4v) is 7.30. The molecule has 12 heteroatoms. The molecule has 5 rings (SSSR count). The van der Waals surface area contributed by atoms with Gasteiger partial charge in [-0.15, -0.1) is 0 Å². The normalized spacial score (nSPS) is 13.0. The Labute approximate surface area is 304 Å². The van der Waals surface area contributed by atoms with Crippen molar-refractivity contribution in [2.45, 2.75) is 67.2 Å². The largest absolute Gasteiger partial charge is 0.395 e. The van der Waals surface area contributed by atoms with Crippen LogP contribution in [0.1, 0.15) is 85.6 Å². The van der Waals surface area contributed by atoms with Crippen molar-refractivity contribution in [1.82, 2.24) is 29.7 Å². The van der Waals surface area contributed by atoms with E-state index in [2.05, 4.69) is 30.7 Å². The SMILES string of the molecule is CCC1=C(C)c2cc3nc(cc4[nH]c(cc5[nH]c(cc1n2)c(C)c5CC(=O)N(CCO)CCO)c(C)c4CC)C(C)=C3CC(=O)N(CCO)CCO. The highest BCUT2D eigenvalue weighted by atomic mass is 16.3. The molecule has 0 aromatic carbocycles. The summed E-state index contributed by atoms with van der Waals surface area (Å²) in [5, 5.41) is 38.3. The molecular formula is C40H52N6O6. The first-order chi connectivity index (χ1) is 25.0. The number of carbonyl (C=O) groups excluding carboxylic acids is 2. The molecule has 2 aliphatic heterocycles. The average Bonchev–Trinajstić information content (AvgIpc) is 3.78. The van der Waals surface area contributed by atoms with Crippen LogP contribution in [0.2, 0.25) is 0 Å². The van der Waals surface area contributed by atoms with Crippen LogP contribution in [0.5, 0.6) is 0 Å². The fraction of sp³-hybridized carbons (Fsp3) is 0.450. The van der Waals surface area contributed by atoms with Gasteiger partial charge in [-0.1, -0.05) is 13.8 Å². The van der Waals surface area contributed by atoms with E-state index >= 15 is 0 Å². The van der Waals surface area contributed by atoms with Crippen molar-refractivity contribution in [3.8, 4) is 0 Å². The minimum atomic E-state index is -0.203. The number of aromatic amines is 2. The first-order valence-corrected chi connectivity index (χ1v) is 18.1. The zero-order valence-corrected chi connectivity index (χ0v) is 31.2. The molecule has 3 aromatic rings. The number of aliphatic hydroxyl groups excluding tert-OH is 4. The number of carbonyl (C=O) groups is 2. The van der Waals surface area contributed by atoms with Gasteiger partial charge in [-0.25, -0.2) is 9.97 Å². The Morgan fingerprint density at radius 2 is 1.00 bits per heavy atom. The number of rotatable bonds is 14. The Hall–Kier alpha value is -4.62. The van der Waals surface area contributed by atoms with E-state index in [1.54, 1.807) is 0 Å². The first-order valence-electron chi connectivity index (χ1n) is 18.1. The van der Waals surface area contributed by atoms with Crippen LogP contribution in [0.3, 0.4) is 0 Å². The van der Waals surface area contributed by atoms with Gasteiger partial charge in [-0.3, -0.25) is 9.59 Å². The summed E-state index contributed by atoms with van der Waals surface area (Å²) in [5.41, 5.74) is 14.0. The van der Waals surface area contributed by atoms with Gasteiger partial charge in [0.1, 0.15) is 0 Å². The second-order valence-electron chi connectivity index (χ2n) is 13.4. The molecule has 0 unspecified atom stereocenters. The molecule has 278 valence electrons. The Kier molecular flexibility index (Phi) is 12.5. The van der Waals surface area contributed by atoms with E-state index in [0.717, 1.165) is 96.5 Å². The topological polar surface area (TPSA) is 179 Å². The lowest BCUT2D eigenvalue weighted by Gasteiger charge is -2.21. The summed E-state index contributed by atoms with van der Waals surface area (Å²) in [6.45, 7) is 12.0. The van der Waals surface area contributed by atoms with Crippen molar-refractivity contribution in [3.63, 3.8) is 0 Å². The summed E-state index contributed by atoms with van der Waals surface area (Å²) in [6, 6.07) is 8.03. The van der Waals surface area contributed by atoms with Gasteiger partial charge >= 0.3 is 0 Å². The third-order valence-corrected chi connectivity index (χ3v) is 10.3. The quantitative estimate of drug-likeness (QED) is 0.143. The van der Waals surface area contributed by atoms with E-state index in [-0.39, 0.29) is 77.3 Å². The lowest BCUT2D eigenvalue weighted by atomic mass is 10.00. The highest BCUT2D eigenvalue weighted by Crippen LogP contribution is 2.37. The van der Waals surface area contributed by atoms with Gasteiger partial charge < -0.3 is 40.2 Å². The number of hydrogen-bond donors (Lipinski definition) is 6. The molecule has 0 saturated heterocycles. The van der Waals surface area contributed by atoms with E-state index in [9.17, 15) is 30.0 Å². The van der Waals surface area contributed by atoms with E-state index in [1.165, 1.54) is 9.80 Å². The molecule has 52 heavy (non-hydrogen) atoms. The summed E-state index contributed by atoms with van der Waals surface area (Å²) in [7, 11) is 0. The number of aryl methyl sites for hydroxylation is 3. The fourth-order valence-electron chi connectivity index (χ4n) is 7.30. The maximum Gasteiger partial charge on any atom is 0.227 e. The maximum absolute atomic E-state index is 13.5. The molecule has 0 saturated carbocycles. The number of fused-ring (bicyclic) bond motifs is 8. The van der Waals surface area contributed by atoms with Gasteiger partial charge in [0, 0.05) is 48.2 Å². The lowest BCUT2D eigenvalue weighted by Crippen LogP contribution is -2.36. The van der Waals surface area contributed by atoms with E-state index in [1.807, 2.05) is 45.0 Å². The zero-order chi connectivity index (χ0) is 37.7. The molecule has 0 radical (unpaired) electrons. The number of hydrogen-bond acceptors (Lipinski definition) is 8. The van der Waals surface area contributed by atoms with E-state index in [4.69, 9.17) is 9.97 Å². The molecule has 0 spiro atoms. The second-order valence-corrected chi connectivity index (χ2v) is 13.4. The lowest BCUT2D eigenvalue weighted by molar-refractivity contribution is -0.132. The minimum Gasteiger partial charge on any atom is -0.395 e. The Morgan fingerprint density at radius 1 is 0.558 bits per heavy atom. The number of amides is 2. The number of aliphatic hydroxyl groups is 4. The van der Waals surface area contributed by atoms with Crippen LogP contribution >= 0.6 is 0 Å². The van der Waals surface area contributed by atoms with E-state index < -0.39 is 0 Å². The number of nitrogens with one attached hydrogen (secondary N) is 2. The van der Waals surface area contributed by atoms with Crippen molar-refractivity contribution in [2.75, 3.05) is 52.6 Å². The van der Waals surface area contributed by atoms with Gasteiger partial charge in [-0.2, -0.15) is 0 Å². The molecule has 0 fully saturated rings. The number of aromatic nitrogens is 4. The van der Waals surface area contributed by atoms with Crippen molar-refractivity contribution in [2.24, 2.45) is 0 Å². The smallest absolute Gasteiger partial charge is 0.227 e. The molecule has 2 aliphatic rings. The van der Waals surface area contributed by atoms with E-state index in [0.29, 0.717) is 5.69 Å². The second kappa shape index (κ2) is 16.8. The van der Waals surface area contributed by atoms with Gasteiger partial charge in [0.05, 0.1) is 62.0 Å². The van der Waals surface area contributed by atoms with Gasteiger partial charge in [-0.05, 0) is 109 Å². The molecule has 0 atom stereocenters. The van der Waals surface area contributed by atoms with Crippen molar-refractivity contribution in [1.29, 1.82) is 0 Å². The predicted octanol–water partition coefficient (Wildman–Crippen LogP) is 4.32. The summed E-state index contributed by atoms with van der Waals surface area (Å²) in [4.78, 5) is 47.4. The van der Waals surface area contributed by atoms with Crippen LogP contribution in [0.15, 0.2) is 24.3 Å². The molecule has 0 aliphatic carbocycles. The summed E-state index contributed by atoms with van der Waals surface area (Å²) < 4.78 is 0. The first kappa shape index (κ1) is 38.6. The standard InChI is InChI=1S/C40H52N6O6/c1-7-27-23(3)31-21-37-30(18-40(52)46(11-15-49)12-16-50)26(6)34(44-37)20-36-28(8-2)24(4)32(42-36)22-38-29(17-39(51)45(9-13-47)10-14-48)25(5)33(43-38)19-35(27)41-31/h19-22,41,44,47-50H,7-18H2,1-6H3. The monoisotopic (exact) mass is 712 g/mol. The van der Waals surface area contributed by atoms with Gasteiger partial charge in [0.25, 0.3) is 0 Å². The third-order valence-electron chi connectivity index (χ3n) is 10.3. The molecule has 3 aromatic heterocycles. The van der Waals surface area contributed by atoms with Crippen LogP contribution in [0.4, 0.5) is 0 Å². The average molecular weight is 713 g/mol. The number of allylic oxidation sites excluding steroid dienone is 3. The van der Waals surface area contributed by atoms with Gasteiger partial charge in [0.15, 0.2) is 0 Å². The highest BCUT2D eigenvalue weighted by molar-refractivity contribution is 6.01. The van der Waals surface area contributed by atoms with Crippen molar-refractivity contribution in [3.05, 3.63) is 69.3 Å². The van der Waals surface area contributed by atoms with Crippen LogP contribution in [0.25, 0.3) is 44.4 Å². The maximum atomic E-state index is 13.5. The number of H-pyrrole nitrogens is 2. The van der Waals surface area contributed by atoms with Crippen LogP contribution in [-0.4, -0.2) is 115 Å². The number of nitrogens with zero attached hydrogens (tertiary/aromatic N) is 4. The van der Waals surface area contributed by atoms with Crippen LogP contribution in [-0.2, 0) is 22.4 Å². The predicted molar refractivity (Wildman–Crippen MR) is 205 cm³/mol. The summed E-state index contributed by atoms with van der Waals surface area (Å²) in [5.74, 6) is -0.387.